The average molecular weight is 486 g/mol. The fourth-order valence-electron chi connectivity index (χ4n) is 4.84. The Labute approximate surface area is 200 Å². The number of nitrogens with zero attached hydrogens (tertiary/aromatic N) is 2. The summed E-state index contributed by atoms with van der Waals surface area (Å²) in [6.45, 7) is 6.42. The van der Waals surface area contributed by atoms with Gasteiger partial charge in [0, 0.05) is 37.7 Å². The van der Waals surface area contributed by atoms with Gasteiger partial charge in [0.05, 0.1) is 17.2 Å². The Morgan fingerprint density at radius 1 is 1.12 bits per heavy atom. The topological polar surface area (TPSA) is 96.0 Å². The van der Waals surface area contributed by atoms with Gasteiger partial charge in [0.15, 0.2) is 0 Å². The summed E-state index contributed by atoms with van der Waals surface area (Å²) in [6.07, 6.45) is 1.52. The number of fused-ring (bicyclic) bond motifs is 1. The highest BCUT2D eigenvalue weighted by Gasteiger charge is 2.34. The Kier molecular flexibility index (Phi) is 6.95. The molecule has 34 heavy (non-hydrogen) atoms. The molecule has 2 aliphatic heterocycles. The highest BCUT2D eigenvalue weighted by molar-refractivity contribution is 7.89. The summed E-state index contributed by atoms with van der Waals surface area (Å²) < 4.78 is 33.6. The van der Waals surface area contributed by atoms with Crippen molar-refractivity contribution in [2.24, 2.45) is 5.92 Å². The summed E-state index contributed by atoms with van der Waals surface area (Å²) in [5, 5.41) is 2.93. The Balaban J connectivity index is 1.42. The first kappa shape index (κ1) is 24.2. The molecule has 1 saturated heterocycles. The Morgan fingerprint density at radius 2 is 1.82 bits per heavy atom. The molecule has 8 nitrogen and oxygen atoms in total. The second-order valence-electron chi connectivity index (χ2n) is 8.83. The molecule has 0 spiro atoms. The molecular formula is C25H31N3O5S. The van der Waals surface area contributed by atoms with Crippen molar-refractivity contribution >= 4 is 33.2 Å². The van der Waals surface area contributed by atoms with Crippen molar-refractivity contribution in [2.75, 3.05) is 29.9 Å². The fraction of sp³-hybridized carbons (Fsp3) is 0.440. The summed E-state index contributed by atoms with van der Waals surface area (Å²) in [7, 11) is -3.68. The number of ether oxygens (including phenoxy) is 1. The van der Waals surface area contributed by atoms with Crippen molar-refractivity contribution in [2.45, 2.75) is 51.0 Å². The average Bonchev–Trinajstić information content (AvgIpc) is 3.15. The first-order valence-corrected chi connectivity index (χ1v) is 13.1. The van der Waals surface area contributed by atoms with Gasteiger partial charge >= 0.3 is 0 Å². The van der Waals surface area contributed by atoms with Crippen LogP contribution in [0.2, 0.25) is 0 Å². The van der Waals surface area contributed by atoms with Gasteiger partial charge in [0.2, 0.25) is 21.8 Å². The van der Waals surface area contributed by atoms with Gasteiger partial charge in [-0.3, -0.25) is 9.59 Å². The van der Waals surface area contributed by atoms with Crippen LogP contribution in [-0.4, -0.2) is 50.3 Å². The third-order valence-corrected chi connectivity index (χ3v) is 8.41. The maximum Gasteiger partial charge on any atom is 0.243 e. The van der Waals surface area contributed by atoms with E-state index in [0.717, 1.165) is 11.3 Å². The molecule has 0 bridgehead atoms. The Morgan fingerprint density at radius 3 is 2.50 bits per heavy atom. The molecule has 2 amide bonds. The third kappa shape index (κ3) is 4.67. The lowest BCUT2D eigenvalue weighted by Crippen LogP contribution is -2.41. The second-order valence-corrected chi connectivity index (χ2v) is 10.8. The highest BCUT2D eigenvalue weighted by atomic mass is 32.2. The minimum absolute atomic E-state index is 0.00701. The first-order valence-electron chi connectivity index (χ1n) is 11.7. The molecule has 0 unspecified atom stereocenters. The second kappa shape index (κ2) is 9.76. The van der Waals surface area contributed by atoms with E-state index in [2.05, 4.69) is 5.32 Å². The molecular weight excluding hydrogens is 454 g/mol. The number of benzene rings is 2. The van der Waals surface area contributed by atoms with Crippen LogP contribution in [0, 0.1) is 5.92 Å². The molecule has 2 heterocycles. The van der Waals surface area contributed by atoms with Gasteiger partial charge in [-0.2, -0.15) is 4.31 Å². The van der Waals surface area contributed by atoms with Crippen molar-refractivity contribution in [1.29, 1.82) is 0 Å². The summed E-state index contributed by atoms with van der Waals surface area (Å²) in [4.78, 5) is 26.7. The van der Waals surface area contributed by atoms with E-state index in [1.165, 1.54) is 11.2 Å². The zero-order valence-corrected chi connectivity index (χ0v) is 20.6. The molecule has 4 rings (SSSR count). The molecule has 182 valence electrons. The zero-order chi connectivity index (χ0) is 24.5. The molecule has 0 aromatic heterocycles. The van der Waals surface area contributed by atoms with Crippen molar-refractivity contribution in [3.8, 4) is 5.75 Å². The van der Waals surface area contributed by atoms with E-state index in [4.69, 9.17) is 4.74 Å². The summed E-state index contributed by atoms with van der Waals surface area (Å²) >= 11 is 0. The minimum Gasteiger partial charge on any atom is -0.492 e. The molecule has 0 aliphatic carbocycles. The number of nitrogens with one attached hydrogen (secondary N) is 1. The van der Waals surface area contributed by atoms with E-state index in [0.29, 0.717) is 37.3 Å². The molecule has 9 heteroatoms. The summed E-state index contributed by atoms with van der Waals surface area (Å²) in [6, 6.07) is 12.3. The Hall–Kier alpha value is -2.91. The smallest absolute Gasteiger partial charge is 0.243 e. The maximum absolute atomic E-state index is 13.3. The van der Waals surface area contributed by atoms with E-state index in [1.807, 2.05) is 26.0 Å². The molecule has 1 atom stereocenters. The predicted octanol–water partition coefficient (Wildman–Crippen LogP) is 3.42. The van der Waals surface area contributed by atoms with Crippen LogP contribution in [0.3, 0.4) is 0 Å². The van der Waals surface area contributed by atoms with Gasteiger partial charge < -0.3 is 15.0 Å². The number of hydrogen-bond acceptors (Lipinski definition) is 5. The van der Waals surface area contributed by atoms with E-state index < -0.39 is 10.0 Å². The van der Waals surface area contributed by atoms with E-state index in [-0.39, 0.29) is 41.8 Å². The third-order valence-electron chi connectivity index (χ3n) is 6.51. The molecule has 1 fully saturated rings. The van der Waals surface area contributed by atoms with Crippen LogP contribution in [0.15, 0.2) is 47.4 Å². The summed E-state index contributed by atoms with van der Waals surface area (Å²) in [5.74, 6) is 0.171. The SMILES string of the molecule is CCOc1ccccc1NC(=O)C1CCN(S(=O)(=O)c2ccc3c(c2)C[C@H](C)N3C(C)=O)CC1. The number of carbonyl (C=O) groups is 2. The lowest BCUT2D eigenvalue weighted by atomic mass is 9.97. The van der Waals surface area contributed by atoms with E-state index in [9.17, 15) is 18.0 Å². The number of anilines is 2. The minimum atomic E-state index is -3.68. The van der Waals surface area contributed by atoms with Gasteiger partial charge in [-0.05, 0) is 69.0 Å². The van der Waals surface area contributed by atoms with Crippen molar-refractivity contribution in [3.63, 3.8) is 0 Å². The monoisotopic (exact) mass is 485 g/mol. The van der Waals surface area contributed by atoms with Crippen LogP contribution in [0.1, 0.15) is 39.2 Å². The first-order chi connectivity index (χ1) is 16.2. The van der Waals surface area contributed by atoms with Crippen LogP contribution in [0.5, 0.6) is 5.75 Å². The standard InChI is InChI=1S/C25H31N3O5S/c1-4-33-24-8-6-5-7-22(24)26-25(30)19-11-13-27(14-12-19)34(31,32)21-9-10-23-20(16-21)15-17(2)28(23)18(3)29/h5-10,16-17,19H,4,11-15H2,1-3H3,(H,26,30)/t17-/m0/s1. The predicted molar refractivity (Wildman–Crippen MR) is 130 cm³/mol. The summed E-state index contributed by atoms with van der Waals surface area (Å²) in [5.41, 5.74) is 2.27. The molecule has 1 N–H and O–H groups in total. The van der Waals surface area contributed by atoms with Gasteiger partial charge in [0.1, 0.15) is 5.75 Å². The number of hydrogen-bond donors (Lipinski definition) is 1. The number of sulfonamides is 1. The van der Waals surface area contributed by atoms with Crippen LogP contribution >= 0.6 is 0 Å². The van der Waals surface area contributed by atoms with E-state index >= 15 is 0 Å². The normalized spacial score (nSPS) is 19.0. The number of para-hydroxylation sites is 2. The molecule has 0 radical (unpaired) electrons. The number of amides is 2. The van der Waals surface area contributed by atoms with Crippen LogP contribution in [-0.2, 0) is 26.0 Å². The fourth-order valence-corrected chi connectivity index (χ4v) is 6.36. The molecule has 2 aromatic rings. The zero-order valence-electron chi connectivity index (χ0n) is 19.8. The lowest BCUT2D eigenvalue weighted by Gasteiger charge is -2.30. The van der Waals surface area contributed by atoms with Gasteiger partial charge in [-0.25, -0.2) is 8.42 Å². The number of carbonyl (C=O) groups excluding carboxylic acids is 2. The van der Waals surface area contributed by atoms with Crippen molar-refractivity contribution in [3.05, 3.63) is 48.0 Å². The van der Waals surface area contributed by atoms with Crippen LogP contribution < -0.4 is 15.0 Å². The van der Waals surface area contributed by atoms with Gasteiger partial charge in [-0.15, -0.1) is 0 Å². The molecule has 0 saturated carbocycles. The quantitative estimate of drug-likeness (QED) is 0.676. The molecule has 2 aromatic carbocycles. The van der Waals surface area contributed by atoms with Crippen molar-refractivity contribution < 1.29 is 22.7 Å². The molecule has 2 aliphatic rings. The number of piperidine rings is 1. The number of rotatable bonds is 6. The maximum atomic E-state index is 13.3. The van der Waals surface area contributed by atoms with Crippen LogP contribution in [0.25, 0.3) is 0 Å². The Bertz CT molecular complexity index is 1190. The largest absolute Gasteiger partial charge is 0.492 e. The lowest BCUT2D eigenvalue weighted by molar-refractivity contribution is -0.121. The van der Waals surface area contributed by atoms with Crippen molar-refractivity contribution in [1.82, 2.24) is 4.31 Å². The van der Waals surface area contributed by atoms with E-state index in [1.54, 1.807) is 35.2 Å². The van der Waals surface area contributed by atoms with Gasteiger partial charge in [-0.1, -0.05) is 12.1 Å². The van der Waals surface area contributed by atoms with Crippen LogP contribution in [0.4, 0.5) is 11.4 Å². The van der Waals surface area contributed by atoms with Gasteiger partial charge in [0.25, 0.3) is 0 Å². The highest BCUT2D eigenvalue weighted by Crippen LogP contribution is 2.35.